The maximum atomic E-state index is 12.0. The molecule has 21 heavy (non-hydrogen) atoms. The van der Waals surface area contributed by atoms with Gasteiger partial charge in [0, 0.05) is 12.0 Å². The third-order valence-electron chi connectivity index (χ3n) is 4.16. The van der Waals surface area contributed by atoms with E-state index in [1.807, 2.05) is 0 Å². The summed E-state index contributed by atoms with van der Waals surface area (Å²) >= 11 is 0. The van der Waals surface area contributed by atoms with E-state index in [4.69, 9.17) is 4.84 Å². The number of β-lactam (4-membered cyclic amide) rings is 1. The standard InChI is InChI=1S/C13H16N2O5.Na/c1-5-3-9(20-14-5)7-4-8-10(6(2)16)12(17)15(8)11(7)13(18)19;/h6,8-10,16H,3-4H2,1-2H3,(H,18,19);/q;+1/p-1/t6-,8-,9+,10-;/m1./s1. The minimum absolute atomic E-state index is 0. The number of carboxylic acid groups (broad SMARTS) is 1. The first-order valence-corrected chi connectivity index (χ1v) is 6.56. The number of aliphatic hydroxyl groups is 1. The van der Waals surface area contributed by atoms with Gasteiger partial charge < -0.3 is 24.7 Å². The maximum absolute atomic E-state index is 12.0. The van der Waals surface area contributed by atoms with Gasteiger partial charge in [0.05, 0.1) is 35.4 Å². The van der Waals surface area contributed by atoms with Crippen LogP contribution in [0, 0.1) is 5.92 Å². The van der Waals surface area contributed by atoms with Crippen molar-refractivity contribution in [3.05, 3.63) is 11.3 Å². The minimum atomic E-state index is -1.38. The molecule has 0 spiro atoms. The molecule has 0 saturated carbocycles. The number of amides is 1. The van der Waals surface area contributed by atoms with Crippen LogP contribution in [0.3, 0.4) is 0 Å². The molecule has 0 aromatic carbocycles. The number of carbonyl (C=O) groups is 2. The van der Waals surface area contributed by atoms with Crippen molar-refractivity contribution >= 4 is 17.6 Å². The van der Waals surface area contributed by atoms with Gasteiger partial charge in [-0.2, -0.15) is 0 Å². The fourth-order valence-corrected chi connectivity index (χ4v) is 3.26. The zero-order valence-electron chi connectivity index (χ0n) is 12.2. The van der Waals surface area contributed by atoms with Gasteiger partial charge in [-0.3, -0.25) is 4.79 Å². The van der Waals surface area contributed by atoms with Gasteiger partial charge in [0.1, 0.15) is 0 Å². The number of oxime groups is 1. The molecule has 0 aromatic heterocycles. The van der Waals surface area contributed by atoms with E-state index in [1.165, 1.54) is 11.8 Å². The van der Waals surface area contributed by atoms with Crippen molar-refractivity contribution < 1.29 is 54.2 Å². The van der Waals surface area contributed by atoms with Crippen molar-refractivity contribution in [3.63, 3.8) is 0 Å². The molecule has 3 rings (SSSR count). The first-order valence-electron chi connectivity index (χ1n) is 6.56. The third-order valence-corrected chi connectivity index (χ3v) is 4.16. The molecule has 3 aliphatic heterocycles. The van der Waals surface area contributed by atoms with Crippen LogP contribution in [0.25, 0.3) is 0 Å². The summed E-state index contributed by atoms with van der Waals surface area (Å²) in [5.74, 6) is -2.30. The van der Waals surface area contributed by atoms with Crippen LogP contribution >= 0.6 is 0 Å². The Morgan fingerprint density at radius 3 is 2.67 bits per heavy atom. The van der Waals surface area contributed by atoms with Gasteiger partial charge in [0.2, 0.25) is 5.91 Å². The summed E-state index contributed by atoms with van der Waals surface area (Å²) in [6.07, 6.45) is -0.345. The molecule has 8 heteroatoms. The number of hydrogen-bond donors (Lipinski definition) is 1. The van der Waals surface area contributed by atoms with E-state index < -0.39 is 24.1 Å². The minimum Gasteiger partial charge on any atom is -0.543 e. The fourth-order valence-electron chi connectivity index (χ4n) is 3.26. The average molecular weight is 302 g/mol. The Bertz CT molecular complexity index is 557. The quantitative estimate of drug-likeness (QED) is 0.420. The van der Waals surface area contributed by atoms with Gasteiger partial charge in [-0.25, -0.2) is 0 Å². The summed E-state index contributed by atoms with van der Waals surface area (Å²) in [6.45, 7) is 3.34. The Labute approximate surface area is 143 Å². The Kier molecular flexibility index (Phi) is 4.49. The first kappa shape index (κ1) is 16.5. The van der Waals surface area contributed by atoms with Crippen LogP contribution in [0.1, 0.15) is 26.7 Å². The van der Waals surface area contributed by atoms with E-state index >= 15 is 0 Å². The van der Waals surface area contributed by atoms with Gasteiger partial charge in [-0.05, 0) is 20.3 Å². The smallest absolute Gasteiger partial charge is 0.543 e. The molecule has 1 fully saturated rings. The Hall–Kier alpha value is -0.890. The summed E-state index contributed by atoms with van der Waals surface area (Å²) in [4.78, 5) is 29.8. The van der Waals surface area contributed by atoms with E-state index in [0.29, 0.717) is 18.4 Å². The van der Waals surface area contributed by atoms with Crippen LogP contribution in [0.2, 0.25) is 0 Å². The number of hydrogen-bond acceptors (Lipinski definition) is 6. The van der Waals surface area contributed by atoms with E-state index in [0.717, 1.165) is 5.71 Å². The van der Waals surface area contributed by atoms with Gasteiger partial charge in [-0.1, -0.05) is 5.16 Å². The summed E-state index contributed by atoms with van der Waals surface area (Å²) in [7, 11) is 0. The normalized spacial score (nSPS) is 32.0. The monoisotopic (exact) mass is 302 g/mol. The topological polar surface area (TPSA) is 102 Å². The molecule has 0 bridgehead atoms. The molecule has 1 saturated heterocycles. The summed E-state index contributed by atoms with van der Waals surface area (Å²) in [5, 5.41) is 24.8. The second-order valence-corrected chi connectivity index (χ2v) is 5.53. The van der Waals surface area contributed by atoms with Crippen LogP contribution in [-0.4, -0.2) is 45.8 Å². The van der Waals surface area contributed by atoms with Crippen molar-refractivity contribution in [3.8, 4) is 0 Å². The van der Waals surface area contributed by atoms with Gasteiger partial charge in [0.25, 0.3) is 0 Å². The molecule has 0 aromatic rings. The number of carbonyl (C=O) groups excluding carboxylic acids is 2. The second kappa shape index (κ2) is 5.72. The van der Waals surface area contributed by atoms with Gasteiger partial charge >= 0.3 is 29.6 Å². The molecule has 0 aliphatic carbocycles. The van der Waals surface area contributed by atoms with Crippen molar-refractivity contribution in [2.24, 2.45) is 11.1 Å². The van der Waals surface area contributed by atoms with E-state index in [1.54, 1.807) is 6.92 Å². The third kappa shape index (κ3) is 2.42. The maximum Gasteiger partial charge on any atom is 1.00 e. The molecule has 3 heterocycles. The number of aliphatic hydroxyl groups excluding tert-OH is 1. The predicted octanol–water partition coefficient (Wildman–Crippen LogP) is -4.23. The van der Waals surface area contributed by atoms with E-state index in [-0.39, 0.29) is 47.2 Å². The summed E-state index contributed by atoms with van der Waals surface area (Å²) in [5.41, 5.74) is 1.21. The molecule has 108 valence electrons. The molecule has 7 nitrogen and oxygen atoms in total. The number of rotatable bonds is 3. The van der Waals surface area contributed by atoms with Gasteiger partial charge in [0.15, 0.2) is 6.10 Å². The molecule has 3 aliphatic rings. The zero-order valence-corrected chi connectivity index (χ0v) is 14.2. The molecule has 1 N–H and O–H groups in total. The molecule has 4 atom stereocenters. The van der Waals surface area contributed by atoms with Crippen LogP contribution in [-0.2, 0) is 14.4 Å². The number of aliphatic carboxylic acids is 1. The molecule has 0 unspecified atom stereocenters. The number of carboxylic acids is 1. The number of fused-ring (bicyclic) bond motifs is 1. The van der Waals surface area contributed by atoms with E-state index in [9.17, 15) is 19.8 Å². The largest absolute Gasteiger partial charge is 1.00 e. The SMILES string of the molecule is CC1=NO[C@H](C2=C(C(=O)[O-])N3C(=O)[C@H]([C@@H](C)O)[C@H]3C2)C1.[Na+]. The fraction of sp³-hybridized carbons (Fsp3) is 0.615. The molecular formula is C13H15N2NaO5. The molecule has 1 amide bonds. The Balaban J connectivity index is 0.00000161. The molecular weight excluding hydrogens is 287 g/mol. The Morgan fingerprint density at radius 2 is 2.19 bits per heavy atom. The predicted molar refractivity (Wildman–Crippen MR) is 65.1 cm³/mol. The summed E-state index contributed by atoms with van der Waals surface area (Å²) in [6, 6.07) is -0.310. The van der Waals surface area contributed by atoms with E-state index in [2.05, 4.69) is 5.16 Å². The average Bonchev–Trinajstić information content (AvgIpc) is 2.90. The van der Waals surface area contributed by atoms with Crippen LogP contribution in [0.15, 0.2) is 16.4 Å². The zero-order chi connectivity index (χ0) is 14.6. The van der Waals surface area contributed by atoms with Crippen LogP contribution < -0.4 is 34.7 Å². The summed E-state index contributed by atoms with van der Waals surface area (Å²) < 4.78 is 0. The van der Waals surface area contributed by atoms with Crippen molar-refractivity contribution in [2.45, 2.75) is 44.9 Å². The van der Waals surface area contributed by atoms with Crippen molar-refractivity contribution in [2.75, 3.05) is 0 Å². The number of nitrogens with zero attached hydrogens (tertiary/aromatic N) is 2. The van der Waals surface area contributed by atoms with Crippen LogP contribution in [0.5, 0.6) is 0 Å². The van der Waals surface area contributed by atoms with Crippen LogP contribution in [0.4, 0.5) is 0 Å². The second-order valence-electron chi connectivity index (χ2n) is 5.53. The van der Waals surface area contributed by atoms with Crippen molar-refractivity contribution in [1.29, 1.82) is 0 Å². The first-order chi connectivity index (χ1) is 9.41. The molecule has 0 radical (unpaired) electrons. The van der Waals surface area contributed by atoms with Crippen molar-refractivity contribution in [1.82, 2.24) is 4.90 Å². The Morgan fingerprint density at radius 1 is 1.52 bits per heavy atom. The van der Waals surface area contributed by atoms with Gasteiger partial charge in [-0.15, -0.1) is 0 Å².